The van der Waals surface area contributed by atoms with Crippen LogP contribution in [0.5, 0.6) is 0 Å². The van der Waals surface area contributed by atoms with Crippen molar-refractivity contribution in [2.45, 2.75) is 6.92 Å². The lowest BCUT2D eigenvalue weighted by Gasteiger charge is -2.11. The topological polar surface area (TPSA) is 88.5 Å². The van der Waals surface area contributed by atoms with Gasteiger partial charge in [0.15, 0.2) is 0 Å². The van der Waals surface area contributed by atoms with Crippen molar-refractivity contribution >= 4 is 17.2 Å². The van der Waals surface area contributed by atoms with Crippen LogP contribution in [0.25, 0.3) is 0 Å². The molecule has 0 heterocycles. The third-order valence-electron chi connectivity index (χ3n) is 2.76. The molecule has 2 rings (SSSR count). The highest BCUT2D eigenvalue weighted by molar-refractivity contribution is 6.01. The van der Waals surface area contributed by atoms with Crippen LogP contribution in [-0.4, -0.2) is 5.84 Å². The number of nitrogens with zero attached hydrogens (tertiary/aromatic N) is 1. The predicted octanol–water partition coefficient (Wildman–Crippen LogP) is 1.62. The van der Waals surface area contributed by atoms with Gasteiger partial charge in [-0.05, 0) is 24.6 Å². The maximum absolute atomic E-state index is 5.89. The van der Waals surface area contributed by atoms with Crippen molar-refractivity contribution in [2.75, 3.05) is 5.73 Å². The smallest absolute Gasteiger partial charge is 0.149 e. The Hall–Kier alpha value is -2.37. The number of rotatable bonds is 3. The largest absolute Gasteiger partial charge is 0.397 e. The second-order valence-corrected chi connectivity index (χ2v) is 4.10. The highest BCUT2D eigenvalue weighted by Gasteiger charge is 2.06. The molecule has 0 amide bonds. The number of hydrogen-bond donors (Lipinski definition) is 4. The summed E-state index contributed by atoms with van der Waals surface area (Å²) < 4.78 is 0. The van der Waals surface area contributed by atoms with Crippen molar-refractivity contribution in [1.29, 1.82) is 0 Å². The molecule has 2 aromatic carbocycles. The third-order valence-corrected chi connectivity index (χ3v) is 2.76. The van der Waals surface area contributed by atoms with Gasteiger partial charge in [0.2, 0.25) is 0 Å². The van der Waals surface area contributed by atoms with Gasteiger partial charge < -0.3 is 5.73 Å². The van der Waals surface area contributed by atoms with Crippen LogP contribution in [0, 0.1) is 6.92 Å². The molecule has 6 N–H and O–H groups in total. The molecule has 0 unspecified atom stereocenters. The number of amidine groups is 1. The standard InChI is InChI=1S/C14H17N5/c1-10-6-2-3-7-11(10)14(18-19-16)17-13-9-5-4-8-12(13)15/h2-9,19H,15-16H2,1H3,(H,17,18). The Morgan fingerprint density at radius 2 is 1.74 bits per heavy atom. The van der Waals surface area contributed by atoms with Crippen LogP contribution < -0.4 is 22.5 Å². The lowest BCUT2D eigenvalue weighted by atomic mass is 10.1. The van der Waals surface area contributed by atoms with Crippen LogP contribution in [-0.2, 0) is 0 Å². The summed E-state index contributed by atoms with van der Waals surface area (Å²) in [6, 6.07) is 15.3. The van der Waals surface area contributed by atoms with E-state index in [1.54, 1.807) is 0 Å². The quantitative estimate of drug-likeness (QED) is 0.221. The van der Waals surface area contributed by atoms with Gasteiger partial charge in [-0.2, -0.15) is 5.53 Å². The summed E-state index contributed by atoms with van der Waals surface area (Å²) in [7, 11) is 0. The van der Waals surface area contributed by atoms with Gasteiger partial charge in [-0.3, -0.25) is 11.3 Å². The minimum absolute atomic E-state index is 0.618. The van der Waals surface area contributed by atoms with Crippen LogP contribution in [0.2, 0.25) is 0 Å². The Bertz CT molecular complexity index is 592. The van der Waals surface area contributed by atoms with Crippen LogP contribution in [0.3, 0.4) is 0 Å². The van der Waals surface area contributed by atoms with E-state index >= 15 is 0 Å². The fraction of sp³-hybridized carbons (Fsp3) is 0.0714. The lowest BCUT2D eigenvalue weighted by Crippen LogP contribution is -2.42. The number of aryl methyl sites for hydroxylation is 1. The molecule has 2 aromatic rings. The maximum Gasteiger partial charge on any atom is 0.149 e. The number of anilines is 1. The fourth-order valence-corrected chi connectivity index (χ4v) is 1.77. The summed E-state index contributed by atoms with van der Waals surface area (Å²) in [6.07, 6.45) is 0. The number of nitrogens with two attached hydrogens (primary N) is 2. The Balaban J connectivity index is 2.47. The molecule has 0 fully saturated rings. The Labute approximate surface area is 112 Å². The van der Waals surface area contributed by atoms with Gasteiger partial charge in [0.25, 0.3) is 0 Å². The first-order chi connectivity index (χ1) is 9.22. The minimum Gasteiger partial charge on any atom is -0.397 e. The van der Waals surface area contributed by atoms with Gasteiger partial charge in [0.1, 0.15) is 5.84 Å². The molecule has 0 aliphatic heterocycles. The van der Waals surface area contributed by atoms with Crippen molar-refractivity contribution in [3.05, 3.63) is 59.7 Å². The minimum atomic E-state index is 0.618. The summed E-state index contributed by atoms with van der Waals surface area (Å²) in [4.78, 5) is 4.52. The van der Waals surface area contributed by atoms with Gasteiger partial charge >= 0.3 is 0 Å². The van der Waals surface area contributed by atoms with Gasteiger partial charge in [-0.25, -0.2) is 4.99 Å². The summed E-state index contributed by atoms with van der Waals surface area (Å²) in [5, 5.41) is 0. The zero-order valence-electron chi connectivity index (χ0n) is 10.7. The summed E-state index contributed by atoms with van der Waals surface area (Å²) >= 11 is 0. The van der Waals surface area contributed by atoms with Crippen LogP contribution in [0.1, 0.15) is 11.1 Å². The molecule has 0 spiro atoms. The van der Waals surface area contributed by atoms with Gasteiger partial charge in [-0.1, -0.05) is 36.4 Å². The second kappa shape index (κ2) is 5.99. The average Bonchev–Trinajstić information content (AvgIpc) is 2.41. The fourth-order valence-electron chi connectivity index (χ4n) is 1.77. The molecular weight excluding hydrogens is 238 g/mol. The van der Waals surface area contributed by atoms with Crippen molar-refractivity contribution < 1.29 is 0 Å². The second-order valence-electron chi connectivity index (χ2n) is 4.10. The highest BCUT2D eigenvalue weighted by atomic mass is 15.5. The maximum atomic E-state index is 5.89. The summed E-state index contributed by atoms with van der Waals surface area (Å²) in [5.74, 6) is 5.96. The first-order valence-electron chi connectivity index (χ1n) is 5.93. The van der Waals surface area contributed by atoms with Crippen molar-refractivity contribution in [2.24, 2.45) is 10.8 Å². The van der Waals surface area contributed by atoms with Crippen molar-refractivity contribution in [1.82, 2.24) is 11.0 Å². The van der Waals surface area contributed by atoms with Crippen LogP contribution in [0.4, 0.5) is 11.4 Å². The number of benzene rings is 2. The molecule has 0 saturated carbocycles. The highest BCUT2D eigenvalue weighted by Crippen LogP contribution is 2.22. The van der Waals surface area contributed by atoms with E-state index in [1.165, 1.54) is 0 Å². The molecule has 0 bridgehead atoms. The van der Waals surface area contributed by atoms with E-state index in [9.17, 15) is 0 Å². The Morgan fingerprint density at radius 3 is 2.42 bits per heavy atom. The average molecular weight is 255 g/mol. The van der Waals surface area contributed by atoms with Gasteiger partial charge in [0.05, 0.1) is 11.4 Å². The number of aliphatic imine (C=N–C) groups is 1. The van der Waals surface area contributed by atoms with E-state index in [1.807, 2.05) is 55.5 Å². The van der Waals surface area contributed by atoms with E-state index in [0.29, 0.717) is 17.2 Å². The van der Waals surface area contributed by atoms with E-state index in [0.717, 1.165) is 11.1 Å². The Morgan fingerprint density at radius 1 is 1.05 bits per heavy atom. The number of hydrogen-bond acceptors (Lipinski definition) is 4. The molecule has 0 saturated heterocycles. The zero-order valence-corrected chi connectivity index (χ0v) is 10.7. The molecule has 5 heteroatoms. The molecule has 0 aromatic heterocycles. The third kappa shape index (κ3) is 3.09. The molecule has 0 aliphatic carbocycles. The first kappa shape index (κ1) is 13.1. The molecule has 98 valence electrons. The van der Waals surface area contributed by atoms with Crippen molar-refractivity contribution in [3.63, 3.8) is 0 Å². The summed E-state index contributed by atoms with van der Waals surface area (Å²) in [5.41, 5.74) is 14.5. The Kier molecular flexibility index (Phi) is 4.12. The van der Waals surface area contributed by atoms with E-state index in [2.05, 4.69) is 16.0 Å². The zero-order chi connectivity index (χ0) is 13.7. The monoisotopic (exact) mass is 255 g/mol. The van der Waals surface area contributed by atoms with E-state index < -0.39 is 0 Å². The molecule has 0 aliphatic rings. The van der Waals surface area contributed by atoms with E-state index in [4.69, 9.17) is 11.6 Å². The van der Waals surface area contributed by atoms with E-state index in [-0.39, 0.29) is 0 Å². The number of nitrogen functional groups attached to an aromatic ring is 1. The number of nitrogens with one attached hydrogen (secondary N) is 2. The summed E-state index contributed by atoms with van der Waals surface area (Å²) in [6.45, 7) is 2.01. The molecule has 19 heavy (non-hydrogen) atoms. The first-order valence-corrected chi connectivity index (χ1v) is 5.93. The van der Waals surface area contributed by atoms with Gasteiger partial charge in [-0.15, -0.1) is 0 Å². The normalized spacial score (nSPS) is 11.4. The SMILES string of the molecule is Cc1ccccc1C(=Nc1ccccc1N)NNN. The molecule has 0 atom stereocenters. The molecular formula is C14H17N5. The number of hydrazine groups is 2. The van der Waals surface area contributed by atoms with Crippen LogP contribution in [0.15, 0.2) is 53.5 Å². The van der Waals surface area contributed by atoms with Crippen molar-refractivity contribution in [3.8, 4) is 0 Å². The van der Waals surface area contributed by atoms with Gasteiger partial charge in [0, 0.05) is 5.56 Å². The lowest BCUT2D eigenvalue weighted by molar-refractivity contribution is 0.696. The van der Waals surface area contributed by atoms with Crippen LogP contribution >= 0.6 is 0 Å². The number of para-hydroxylation sites is 2. The molecule has 0 radical (unpaired) electrons. The predicted molar refractivity (Wildman–Crippen MR) is 78.7 cm³/mol. The molecule has 5 nitrogen and oxygen atoms in total.